The van der Waals surface area contributed by atoms with Gasteiger partial charge in [-0.2, -0.15) is 0 Å². The van der Waals surface area contributed by atoms with Crippen LogP contribution < -0.4 is 0 Å². The summed E-state index contributed by atoms with van der Waals surface area (Å²) in [5.74, 6) is 1.06. The summed E-state index contributed by atoms with van der Waals surface area (Å²) in [4.78, 5) is 11.7. The molecule has 0 radical (unpaired) electrons. The molecule has 0 bridgehead atoms. The van der Waals surface area contributed by atoms with Crippen LogP contribution in [0.1, 0.15) is 78.1 Å². The first-order valence-electron chi connectivity index (χ1n) is 12.2. The molecule has 6 heteroatoms. The molecule has 2 aliphatic rings. The van der Waals surface area contributed by atoms with Gasteiger partial charge in [0.05, 0.1) is 24.6 Å². The van der Waals surface area contributed by atoms with Crippen molar-refractivity contribution in [2.45, 2.75) is 96.4 Å². The Morgan fingerprint density at radius 3 is 2.81 bits per heavy atom. The van der Waals surface area contributed by atoms with Crippen molar-refractivity contribution in [1.29, 1.82) is 0 Å². The maximum absolute atomic E-state index is 11.7. The van der Waals surface area contributed by atoms with Crippen molar-refractivity contribution in [3.05, 3.63) is 24.0 Å². The van der Waals surface area contributed by atoms with E-state index in [4.69, 9.17) is 14.2 Å². The summed E-state index contributed by atoms with van der Waals surface area (Å²) < 4.78 is 16.5. The molecule has 2 rings (SSSR count). The fourth-order valence-corrected chi connectivity index (χ4v) is 4.38. The largest absolute Gasteiger partial charge is 0.495 e. The van der Waals surface area contributed by atoms with Crippen molar-refractivity contribution in [3.63, 3.8) is 0 Å². The number of aliphatic hydroxyl groups excluding tert-OH is 2. The van der Waals surface area contributed by atoms with E-state index in [0.717, 1.165) is 57.1 Å². The second-order valence-electron chi connectivity index (χ2n) is 8.75. The summed E-state index contributed by atoms with van der Waals surface area (Å²) in [6.07, 6.45) is 13.5. The van der Waals surface area contributed by atoms with E-state index in [1.165, 1.54) is 0 Å². The van der Waals surface area contributed by atoms with E-state index in [2.05, 4.69) is 13.0 Å². The van der Waals surface area contributed by atoms with Crippen LogP contribution in [0.3, 0.4) is 0 Å². The lowest BCUT2D eigenvalue weighted by Crippen LogP contribution is -2.18. The zero-order valence-electron chi connectivity index (χ0n) is 19.3. The van der Waals surface area contributed by atoms with E-state index in [0.29, 0.717) is 32.7 Å². The fourth-order valence-electron chi connectivity index (χ4n) is 4.38. The number of hydrogen-bond donors (Lipinski definition) is 2. The molecule has 31 heavy (non-hydrogen) atoms. The number of carbonyl (C=O) groups is 1. The highest BCUT2D eigenvalue weighted by atomic mass is 16.6. The Bertz CT molecular complexity index is 572. The van der Waals surface area contributed by atoms with Gasteiger partial charge in [-0.3, -0.25) is 4.79 Å². The lowest BCUT2D eigenvalue weighted by atomic mass is 9.90. The number of rotatable bonds is 15. The molecule has 0 unspecified atom stereocenters. The van der Waals surface area contributed by atoms with Crippen molar-refractivity contribution < 1.29 is 29.2 Å². The molecule has 0 aromatic rings. The van der Waals surface area contributed by atoms with Crippen molar-refractivity contribution in [3.8, 4) is 0 Å². The SMILES string of the molecule is CCCCC[C@H](O)/C=C/[C@@H]1[C@H]2C/C(=C/CCCC(=O)OCCOCCC)O[C@@H]2C[C@H]1O. The van der Waals surface area contributed by atoms with E-state index < -0.39 is 12.2 Å². The van der Waals surface area contributed by atoms with Crippen LogP contribution in [0, 0.1) is 11.8 Å². The summed E-state index contributed by atoms with van der Waals surface area (Å²) >= 11 is 0. The first kappa shape index (κ1) is 25.9. The molecule has 2 N–H and O–H groups in total. The molecule has 5 atom stereocenters. The Labute approximate surface area is 187 Å². The Morgan fingerprint density at radius 2 is 2.03 bits per heavy atom. The van der Waals surface area contributed by atoms with E-state index >= 15 is 0 Å². The summed E-state index contributed by atoms with van der Waals surface area (Å²) in [5, 5.41) is 20.5. The monoisotopic (exact) mass is 438 g/mol. The summed E-state index contributed by atoms with van der Waals surface area (Å²) in [5.41, 5.74) is 0. The number of carbonyl (C=O) groups excluding carboxylic acids is 1. The third-order valence-electron chi connectivity index (χ3n) is 6.08. The minimum Gasteiger partial charge on any atom is -0.495 e. The van der Waals surface area contributed by atoms with Gasteiger partial charge in [-0.1, -0.05) is 45.3 Å². The minimum atomic E-state index is -0.437. The van der Waals surface area contributed by atoms with Crippen LogP contribution in [0.5, 0.6) is 0 Å². The molecule has 6 nitrogen and oxygen atoms in total. The highest BCUT2D eigenvalue weighted by Crippen LogP contribution is 2.45. The maximum Gasteiger partial charge on any atom is 0.305 e. The van der Waals surface area contributed by atoms with Crippen molar-refractivity contribution in [2.75, 3.05) is 19.8 Å². The van der Waals surface area contributed by atoms with Crippen molar-refractivity contribution in [1.82, 2.24) is 0 Å². The van der Waals surface area contributed by atoms with Crippen molar-refractivity contribution >= 4 is 5.97 Å². The molecule has 178 valence electrons. The van der Waals surface area contributed by atoms with Gasteiger partial charge in [-0.25, -0.2) is 0 Å². The number of fused-ring (bicyclic) bond motifs is 1. The van der Waals surface area contributed by atoms with E-state index in [9.17, 15) is 15.0 Å². The number of aliphatic hydroxyl groups is 2. The smallest absolute Gasteiger partial charge is 0.305 e. The van der Waals surface area contributed by atoms with Crippen LogP contribution in [0.15, 0.2) is 24.0 Å². The molecule has 0 aromatic carbocycles. The van der Waals surface area contributed by atoms with Crippen LogP contribution >= 0.6 is 0 Å². The third-order valence-corrected chi connectivity index (χ3v) is 6.08. The van der Waals surface area contributed by atoms with Gasteiger partial charge in [0, 0.05) is 37.7 Å². The van der Waals surface area contributed by atoms with Gasteiger partial charge >= 0.3 is 5.97 Å². The van der Waals surface area contributed by atoms with Gasteiger partial charge in [0.1, 0.15) is 12.7 Å². The van der Waals surface area contributed by atoms with Gasteiger partial charge in [0.15, 0.2) is 0 Å². The highest BCUT2D eigenvalue weighted by molar-refractivity contribution is 5.69. The second kappa shape index (κ2) is 14.6. The number of ether oxygens (including phenoxy) is 3. The molecule has 2 fully saturated rings. The van der Waals surface area contributed by atoms with Crippen LogP contribution in [-0.2, 0) is 19.0 Å². The first-order valence-corrected chi connectivity index (χ1v) is 12.2. The molecule has 1 saturated carbocycles. The van der Waals surface area contributed by atoms with Gasteiger partial charge in [-0.05, 0) is 31.8 Å². The summed E-state index contributed by atoms with van der Waals surface area (Å²) in [6.45, 7) is 5.66. The average molecular weight is 439 g/mol. The molecule has 1 saturated heterocycles. The number of esters is 1. The van der Waals surface area contributed by atoms with Gasteiger partial charge in [-0.15, -0.1) is 0 Å². The minimum absolute atomic E-state index is 0.0293. The van der Waals surface area contributed by atoms with E-state index in [1.54, 1.807) is 0 Å². The predicted octanol–water partition coefficient (Wildman–Crippen LogP) is 4.29. The van der Waals surface area contributed by atoms with Gasteiger partial charge in [0.2, 0.25) is 0 Å². The van der Waals surface area contributed by atoms with Crippen molar-refractivity contribution in [2.24, 2.45) is 11.8 Å². The Balaban J connectivity index is 1.67. The van der Waals surface area contributed by atoms with Crippen LogP contribution in [0.25, 0.3) is 0 Å². The zero-order chi connectivity index (χ0) is 22.5. The molecule has 1 aliphatic heterocycles. The van der Waals surface area contributed by atoms with Crippen LogP contribution in [0.4, 0.5) is 0 Å². The molecule has 0 spiro atoms. The topological polar surface area (TPSA) is 85.2 Å². The predicted molar refractivity (Wildman–Crippen MR) is 120 cm³/mol. The Hall–Kier alpha value is -1.37. The van der Waals surface area contributed by atoms with E-state index in [-0.39, 0.29) is 23.9 Å². The Kier molecular flexibility index (Phi) is 12.2. The number of hydrogen-bond acceptors (Lipinski definition) is 6. The lowest BCUT2D eigenvalue weighted by molar-refractivity contribution is -0.145. The maximum atomic E-state index is 11.7. The molecule has 0 amide bonds. The quantitative estimate of drug-likeness (QED) is 0.225. The van der Waals surface area contributed by atoms with Gasteiger partial charge in [0.25, 0.3) is 0 Å². The first-order chi connectivity index (χ1) is 15.0. The Morgan fingerprint density at radius 1 is 1.19 bits per heavy atom. The third kappa shape index (κ3) is 9.34. The zero-order valence-corrected chi connectivity index (χ0v) is 19.3. The standard InChI is InChI=1S/C25H42O6/c1-3-5-6-9-19(26)12-13-21-22-17-20(31-24(22)18-23(21)27)10-7-8-11-25(28)30-16-15-29-14-4-2/h10,12-13,19,21-24,26-27H,3-9,11,14-18H2,1-2H3/b13-12+,20-10-/t19-,21+,22+,23+,24+/m0/s1. The van der Waals surface area contributed by atoms with Crippen LogP contribution in [0.2, 0.25) is 0 Å². The summed E-state index contributed by atoms with van der Waals surface area (Å²) in [7, 11) is 0. The summed E-state index contributed by atoms with van der Waals surface area (Å²) in [6, 6.07) is 0. The number of unbranched alkanes of at least 4 members (excludes halogenated alkanes) is 3. The normalized spacial score (nSPS) is 27.5. The molecule has 1 aliphatic carbocycles. The highest BCUT2D eigenvalue weighted by Gasteiger charge is 2.46. The molecular formula is C25H42O6. The fraction of sp³-hybridized carbons (Fsp3) is 0.800. The average Bonchev–Trinajstić information content (AvgIpc) is 3.26. The molecular weight excluding hydrogens is 396 g/mol. The molecule has 1 heterocycles. The number of allylic oxidation sites excluding steroid dienone is 2. The molecule has 0 aromatic heterocycles. The second-order valence-corrected chi connectivity index (χ2v) is 8.75. The van der Waals surface area contributed by atoms with Crippen LogP contribution in [-0.4, -0.2) is 54.3 Å². The lowest BCUT2D eigenvalue weighted by Gasteiger charge is -2.16. The van der Waals surface area contributed by atoms with Gasteiger partial charge < -0.3 is 24.4 Å². The van der Waals surface area contributed by atoms with E-state index in [1.807, 2.05) is 19.1 Å².